The summed E-state index contributed by atoms with van der Waals surface area (Å²) in [6.45, 7) is 0. The van der Waals surface area contributed by atoms with Crippen molar-refractivity contribution in [1.29, 1.82) is 0 Å². The van der Waals surface area contributed by atoms with Crippen LogP contribution in [0.15, 0.2) is 40.4 Å². The lowest BCUT2D eigenvalue weighted by Gasteiger charge is -2.05. The maximum atomic E-state index is 6.04. The first kappa shape index (κ1) is 12.5. The molecule has 1 aromatic heterocycles. The van der Waals surface area contributed by atoms with Gasteiger partial charge in [0.1, 0.15) is 5.03 Å². The van der Waals surface area contributed by atoms with Gasteiger partial charge in [-0.15, -0.1) is 0 Å². The third-order valence-electron chi connectivity index (χ3n) is 1.95. The molecule has 0 saturated carbocycles. The summed E-state index contributed by atoms with van der Waals surface area (Å²) in [5.74, 6) is 0.541. The van der Waals surface area contributed by atoms with Gasteiger partial charge in [0.25, 0.3) is 0 Å². The second-order valence-electron chi connectivity index (χ2n) is 3.16. The van der Waals surface area contributed by atoms with E-state index in [0.717, 1.165) is 4.90 Å². The number of rotatable bonds is 3. The second-order valence-corrected chi connectivity index (χ2v) is 5.06. The first-order valence-electron chi connectivity index (χ1n) is 4.83. The average Bonchev–Trinajstić information content (AvgIpc) is 2.32. The Morgan fingerprint density at radius 1 is 1.29 bits per heavy atom. The van der Waals surface area contributed by atoms with E-state index in [1.807, 2.05) is 24.3 Å². The molecule has 1 aromatic carbocycles. The molecule has 1 heterocycles. The lowest BCUT2D eigenvalue weighted by atomic mass is 10.4. The van der Waals surface area contributed by atoms with Crippen LogP contribution in [0.25, 0.3) is 0 Å². The molecule has 2 aromatic rings. The zero-order valence-electron chi connectivity index (χ0n) is 8.95. The average molecular weight is 286 g/mol. The molecule has 0 aliphatic heterocycles. The normalized spacial score (nSPS) is 10.3. The molecule has 2 rings (SSSR count). The van der Waals surface area contributed by atoms with Gasteiger partial charge in [-0.1, -0.05) is 41.0 Å². The van der Waals surface area contributed by atoms with Gasteiger partial charge in [0.2, 0.25) is 5.95 Å². The standard InChI is InChI=1S/C11H9Cl2N3S/c1-14-11-15-6-9(13)10(16-11)17-8-4-2-3-7(12)5-8/h2-6H,1H3,(H,14,15,16). The molecule has 88 valence electrons. The Kier molecular flexibility index (Phi) is 4.10. The van der Waals surface area contributed by atoms with Gasteiger partial charge in [0, 0.05) is 17.0 Å². The largest absolute Gasteiger partial charge is 0.357 e. The third-order valence-corrected chi connectivity index (χ3v) is 3.56. The maximum absolute atomic E-state index is 6.04. The van der Waals surface area contributed by atoms with E-state index in [0.29, 0.717) is 21.0 Å². The Labute approximate surface area is 114 Å². The Morgan fingerprint density at radius 2 is 2.12 bits per heavy atom. The minimum Gasteiger partial charge on any atom is -0.357 e. The van der Waals surface area contributed by atoms with E-state index in [1.165, 1.54) is 11.8 Å². The number of hydrogen-bond donors (Lipinski definition) is 1. The lowest BCUT2D eigenvalue weighted by molar-refractivity contribution is 1.05. The first-order chi connectivity index (χ1) is 8.19. The van der Waals surface area contributed by atoms with Crippen molar-refractivity contribution in [2.75, 3.05) is 12.4 Å². The van der Waals surface area contributed by atoms with E-state index in [2.05, 4.69) is 15.3 Å². The fourth-order valence-corrected chi connectivity index (χ4v) is 2.49. The van der Waals surface area contributed by atoms with E-state index >= 15 is 0 Å². The van der Waals surface area contributed by atoms with E-state index in [4.69, 9.17) is 23.2 Å². The van der Waals surface area contributed by atoms with Crippen LogP contribution in [0, 0.1) is 0 Å². The minimum absolute atomic E-state index is 0.522. The molecule has 1 N–H and O–H groups in total. The van der Waals surface area contributed by atoms with Crippen LogP contribution >= 0.6 is 35.0 Å². The molecule has 0 aliphatic carbocycles. The van der Waals surface area contributed by atoms with E-state index in [9.17, 15) is 0 Å². The number of aromatic nitrogens is 2. The monoisotopic (exact) mass is 285 g/mol. The van der Waals surface area contributed by atoms with Crippen molar-refractivity contribution in [3.63, 3.8) is 0 Å². The van der Waals surface area contributed by atoms with Gasteiger partial charge >= 0.3 is 0 Å². The Bertz CT molecular complexity index is 534. The second kappa shape index (κ2) is 5.58. The molecular weight excluding hydrogens is 277 g/mol. The predicted octanol–water partition coefficient (Wildman–Crippen LogP) is 3.98. The summed E-state index contributed by atoms with van der Waals surface area (Å²) in [5.41, 5.74) is 0. The summed E-state index contributed by atoms with van der Waals surface area (Å²) < 4.78 is 0. The van der Waals surface area contributed by atoms with Crippen molar-refractivity contribution in [3.8, 4) is 0 Å². The molecule has 0 atom stereocenters. The van der Waals surface area contributed by atoms with Crippen LogP contribution in [0.2, 0.25) is 10.0 Å². The van der Waals surface area contributed by atoms with Crippen molar-refractivity contribution >= 4 is 40.9 Å². The zero-order chi connectivity index (χ0) is 12.3. The lowest BCUT2D eigenvalue weighted by Crippen LogP contribution is -1.96. The van der Waals surface area contributed by atoms with E-state index in [-0.39, 0.29) is 0 Å². The van der Waals surface area contributed by atoms with Crippen molar-refractivity contribution in [2.45, 2.75) is 9.92 Å². The Morgan fingerprint density at radius 3 is 2.82 bits per heavy atom. The number of anilines is 1. The predicted molar refractivity (Wildman–Crippen MR) is 72.2 cm³/mol. The zero-order valence-corrected chi connectivity index (χ0v) is 11.3. The van der Waals surface area contributed by atoms with Gasteiger partial charge < -0.3 is 5.32 Å². The number of nitrogens with one attached hydrogen (secondary N) is 1. The molecule has 0 aliphatic rings. The SMILES string of the molecule is CNc1ncc(Cl)c(Sc2cccc(Cl)c2)n1. The fourth-order valence-electron chi connectivity index (χ4n) is 1.19. The number of benzene rings is 1. The summed E-state index contributed by atoms with van der Waals surface area (Å²) in [6.07, 6.45) is 1.58. The molecule has 0 saturated heterocycles. The number of halogens is 2. The van der Waals surface area contributed by atoms with Gasteiger partial charge in [0.05, 0.1) is 11.2 Å². The summed E-state index contributed by atoms with van der Waals surface area (Å²) in [7, 11) is 1.76. The van der Waals surface area contributed by atoms with Gasteiger partial charge in [-0.05, 0) is 18.2 Å². The molecule has 0 unspecified atom stereocenters. The van der Waals surface area contributed by atoms with Crippen molar-refractivity contribution in [3.05, 3.63) is 40.5 Å². The van der Waals surface area contributed by atoms with Crippen LogP contribution in [0.3, 0.4) is 0 Å². The van der Waals surface area contributed by atoms with E-state index in [1.54, 1.807) is 13.2 Å². The van der Waals surface area contributed by atoms with Crippen LogP contribution in [0.1, 0.15) is 0 Å². The van der Waals surface area contributed by atoms with Crippen LogP contribution < -0.4 is 5.32 Å². The highest BCUT2D eigenvalue weighted by atomic mass is 35.5. The number of hydrogen-bond acceptors (Lipinski definition) is 4. The van der Waals surface area contributed by atoms with Crippen molar-refractivity contribution < 1.29 is 0 Å². The molecule has 0 spiro atoms. The number of nitrogens with zero attached hydrogens (tertiary/aromatic N) is 2. The Hall–Kier alpha value is -0.970. The van der Waals surface area contributed by atoms with Crippen LogP contribution in [0.5, 0.6) is 0 Å². The molecule has 0 radical (unpaired) electrons. The molecule has 17 heavy (non-hydrogen) atoms. The van der Waals surface area contributed by atoms with Crippen LogP contribution in [-0.2, 0) is 0 Å². The van der Waals surface area contributed by atoms with Crippen molar-refractivity contribution in [1.82, 2.24) is 9.97 Å². The highest BCUT2D eigenvalue weighted by Gasteiger charge is 2.07. The third kappa shape index (κ3) is 3.25. The van der Waals surface area contributed by atoms with E-state index < -0.39 is 0 Å². The molecule has 0 amide bonds. The summed E-state index contributed by atoms with van der Waals surface area (Å²) in [6, 6.07) is 7.53. The molecule has 0 bridgehead atoms. The quantitative estimate of drug-likeness (QED) is 0.866. The molecule has 6 heteroatoms. The molecule has 3 nitrogen and oxygen atoms in total. The molecule has 0 fully saturated rings. The van der Waals surface area contributed by atoms with Gasteiger partial charge in [-0.2, -0.15) is 0 Å². The van der Waals surface area contributed by atoms with Gasteiger partial charge in [-0.3, -0.25) is 0 Å². The summed E-state index contributed by atoms with van der Waals surface area (Å²) in [4.78, 5) is 9.29. The van der Waals surface area contributed by atoms with Gasteiger partial charge in [-0.25, -0.2) is 9.97 Å². The smallest absolute Gasteiger partial charge is 0.223 e. The topological polar surface area (TPSA) is 37.8 Å². The van der Waals surface area contributed by atoms with Crippen LogP contribution in [-0.4, -0.2) is 17.0 Å². The summed E-state index contributed by atoms with van der Waals surface area (Å²) >= 11 is 13.4. The first-order valence-corrected chi connectivity index (χ1v) is 6.40. The minimum atomic E-state index is 0.522. The van der Waals surface area contributed by atoms with Crippen molar-refractivity contribution in [2.24, 2.45) is 0 Å². The maximum Gasteiger partial charge on any atom is 0.223 e. The van der Waals surface area contributed by atoms with Gasteiger partial charge in [0.15, 0.2) is 0 Å². The fraction of sp³-hybridized carbons (Fsp3) is 0.0909. The summed E-state index contributed by atoms with van der Waals surface area (Å²) in [5, 5.41) is 4.78. The highest BCUT2D eigenvalue weighted by Crippen LogP contribution is 2.32. The van der Waals surface area contributed by atoms with Crippen LogP contribution in [0.4, 0.5) is 5.95 Å². The molecular formula is C11H9Cl2N3S. The highest BCUT2D eigenvalue weighted by molar-refractivity contribution is 7.99. The Balaban J connectivity index is 2.29.